The van der Waals surface area contributed by atoms with Crippen molar-refractivity contribution in [1.29, 1.82) is 0 Å². The van der Waals surface area contributed by atoms with E-state index in [0.717, 1.165) is 6.20 Å². The first-order chi connectivity index (χ1) is 5.25. The van der Waals surface area contributed by atoms with E-state index >= 15 is 0 Å². The molecule has 59 valence electrons. The Morgan fingerprint density at radius 1 is 1.55 bits per heavy atom. The number of aromatic nitrogens is 1. The van der Waals surface area contributed by atoms with Gasteiger partial charge in [0, 0.05) is 18.0 Å². The van der Waals surface area contributed by atoms with Gasteiger partial charge in [0.2, 0.25) is 0 Å². The number of halogens is 2. The van der Waals surface area contributed by atoms with Gasteiger partial charge >= 0.3 is 0 Å². The van der Waals surface area contributed by atoms with Crippen LogP contribution in [-0.2, 0) is 11.7 Å². The Bertz CT molecular complexity index is 240. The van der Waals surface area contributed by atoms with E-state index < -0.39 is 13.0 Å². The molecule has 0 aromatic carbocycles. The summed E-state index contributed by atoms with van der Waals surface area (Å²) < 4.78 is 24.1. The fourth-order valence-corrected chi connectivity index (χ4v) is 0.763. The van der Waals surface area contributed by atoms with E-state index in [-0.39, 0.29) is 11.1 Å². The van der Waals surface area contributed by atoms with Crippen LogP contribution in [0.25, 0.3) is 0 Å². The highest BCUT2D eigenvalue weighted by Gasteiger charge is 2.11. The van der Waals surface area contributed by atoms with Gasteiger partial charge in [-0.15, -0.1) is 0 Å². The number of hydrogen-bond donors (Lipinski definition) is 0. The van der Waals surface area contributed by atoms with Gasteiger partial charge in [-0.3, -0.25) is 4.98 Å². The Morgan fingerprint density at radius 3 is 2.73 bits per heavy atom. The summed E-state index contributed by atoms with van der Waals surface area (Å²) >= 11 is 0. The summed E-state index contributed by atoms with van der Waals surface area (Å²) in [7, 11) is 0. The Morgan fingerprint density at radius 2 is 2.27 bits per heavy atom. The Labute approximate surface area is 62.5 Å². The largest absolute Gasteiger partial charge is 0.265 e. The summed E-state index contributed by atoms with van der Waals surface area (Å²) in [6.45, 7) is -0.623. The lowest BCUT2D eigenvalue weighted by molar-refractivity contribution is 0.138. The average Bonchev–Trinajstić information content (AvgIpc) is 2.04. The molecule has 1 heterocycles. The Hall–Kier alpha value is -1.03. The molecule has 0 N–H and O–H groups in total. The highest BCUT2D eigenvalue weighted by molar-refractivity contribution is 5.23. The molecule has 1 aromatic rings. The van der Waals surface area contributed by atoms with Gasteiger partial charge in [-0.1, -0.05) is 0 Å². The fraction of sp³-hybridized carbons (Fsp3) is 0.286. The quantitative estimate of drug-likeness (QED) is 0.647. The van der Waals surface area contributed by atoms with Crippen LogP contribution in [-0.4, -0.2) is 4.98 Å². The topological polar surface area (TPSA) is 32.8 Å². The fourth-order valence-electron chi connectivity index (χ4n) is 0.763. The summed E-state index contributed by atoms with van der Waals surface area (Å²) in [4.78, 5) is 3.50. The van der Waals surface area contributed by atoms with E-state index in [1.807, 2.05) is 0 Å². The molecule has 1 rings (SSSR count). The van der Waals surface area contributed by atoms with E-state index in [9.17, 15) is 13.9 Å². The van der Waals surface area contributed by atoms with Gasteiger partial charge in [-0.2, -0.15) is 0 Å². The minimum absolute atomic E-state index is 0.120. The normalized spacial score (nSPS) is 10.5. The zero-order valence-corrected chi connectivity index (χ0v) is 5.63. The second-order valence-electron chi connectivity index (χ2n) is 2.02. The van der Waals surface area contributed by atoms with E-state index in [1.54, 1.807) is 0 Å². The summed E-state index contributed by atoms with van der Waals surface area (Å²) in [6, 6.07) is 1.31. The van der Waals surface area contributed by atoms with Crippen LogP contribution < -0.4 is 0 Å². The minimum Gasteiger partial charge on any atom is -0.264 e. The van der Waals surface area contributed by atoms with Gasteiger partial charge in [0.1, 0.15) is 6.61 Å². The molecular weight excluding hydrogens is 152 g/mol. The average molecular weight is 158 g/mol. The van der Waals surface area contributed by atoms with Crippen LogP contribution in [0.15, 0.2) is 18.5 Å². The maximum atomic E-state index is 12.0. The van der Waals surface area contributed by atoms with Gasteiger partial charge in [0.15, 0.2) is 0 Å². The lowest BCUT2D eigenvalue weighted by Gasteiger charge is -2.02. The maximum Gasteiger partial charge on any atom is 0.265 e. The number of hydrogen-bond acceptors (Lipinski definition) is 1. The lowest BCUT2D eigenvalue weighted by atomic mass is 10.1. The van der Waals surface area contributed by atoms with Gasteiger partial charge in [-0.25, -0.2) is 13.9 Å². The first kappa shape index (κ1) is 8.07. The van der Waals surface area contributed by atoms with Crippen molar-refractivity contribution in [2.24, 2.45) is 0 Å². The molecular formula is C7H6F2NO. The molecule has 1 aromatic heterocycles. The molecule has 0 fully saturated rings. The molecule has 2 nitrogen and oxygen atoms in total. The number of rotatable bonds is 2. The lowest BCUT2D eigenvalue weighted by Crippen LogP contribution is -1.93. The summed E-state index contributed by atoms with van der Waals surface area (Å²) in [6.07, 6.45) is -0.246. The molecule has 0 aliphatic carbocycles. The van der Waals surface area contributed by atoms with Crippen molar-refractivity contribution in [3.8, 4) is 0 Å². The molecule has 0 saturated heterocycles. The van der Waals surface area contributed by atoms with Crippen molar-refractivity contribution in [1.82, 2.24) is 4.98 Å². The van der Waals surface area contributed by atoms with E-state index in [1.165, 1.54) is 12.3 Å². The van der Waals surface area contributed by atoms with Crippen LogP contribution in [0.4, 0.5) is 8.78 Å². The first-order valence-electron chi connectivity index (χ1n) is 3.04. The van der Waals surface area contributed by atoms with E-state index in [0.29, 0.717) is 0 Å². The van der Waals surface area contributed by atoms with Crippen LogP contribution >= 0.6 is 0 Å². The van der Waals surface area contributed by atoms with Crippen LogP contribution in [0.5, 0.6) is 0 Å². The maximum absolute atomic E-state index is 12.0. The van der Waals surface area contributed by atoms with Crippen LogP contribution in [0, 0.1) is 0 Å². The first-order valence-corrected chi connectivity index (χ1v) is 3.04. The molecule has 4 heteroatoms. The second kappa shape index (κ2) is 3.39. The highest BCUT2D eigenvalue weighted by atomic mass is 19.3. The molecule has 0 aliphatic rings. The molecule has 11 heavy (non-hydrogen) atoms. The van der Waals surface area contributed by atoms with Crippen molar-refractivity contribution in [3.63, 3.8) is 0 Å². The third kappa shape index (κ3) is 1.71. The molecule has 0 bridgehead atoms. The molecule has 1 radical (unpaired) electrons. The SMILES string of the molecule is [O]Cc1ccncc1C(F)F. The number of nitrogens with zero attached hydrogens (tertiary/aromatic N) is 1. The van der Waals surface area contributed by atoms with Gasteiger partial charge in [0.05, 0.1) is 0 Å². The molecule has 0 unspecified atom stereocenters. The van der Waals surface area contributed by atoms with E-state index in [2.05, 4.69) is 4.98 Å². The van der Waals surface area contributed by atoms with Crippen molar-refractivity contribution < 1.29 is 13.9 Å². The predicted molar refractivity (Wildman–Crippen MR) is 33.6 cm³/mol. The smallest absolute Gasteiger partial charge is 0.264 e. The third-order valence-electron chi connectivity index (χ3n) is 1.34. The molecule has 0 aliphatic heterocycles. The zero-order valence-electron chi connectivity index (χ0n) is 5.63. The molecule has 0 atom stereocenters. The molecule has 0 saturated carbocycles. The monoisotopic (exact) mass is 158 g/mol. The van der Waals surface area contributed by atoms with Crippen molar-refractivity contribution >= 4 is 0 Å². The summed E-state index contributed by atoms with van der Waals surface area (Å²) in [5, 5.41) is 10.3. The van der Waals surface area contributed by atoms with Crippen LogP contribution in [0.2, 0.25) is 0 Å². The van der Waals surface area contributed by atoms with Gasteiger partial charge < -0.3 is 0 Å². The summed E-state index contributed by atoms with van der Waals surface area (Å²) in [5.74, 6) is 0. The van der Waals surface area contributed by atoms with Crippen LogP contribution in [0.3, 0.4) is 0 Å². The van der Waals surface area contributed by atoms with Crippen molar-refractivity contribution in [2.45, 2.75) is 13.0 Å². The Kier molecular flexibility index (Phi) is 2.48. The van der Waals surface area contributed by atoms with Crippen LogP contribution in [0.1, 0.15) is 17.6 Å². The van der Waals surface area contributed by atoms with Crippen molar-refractivity contribution in [3.05, 3.63) is 29.6 Å². The molecule has 0 spiro atoms. The number of pyridine rings is 1. The zero-order chi connectivity index (χ0) is 8.27. The standard InChI is InChI=1S/C7H6F2NO/c8-7(9)6-3-10-2-1-5(6)4-11/h1-3,7H,4H2. The summed E-state index contributed by atoms with van der Waals surface area (Å²) in [5.41, 5.74) is -0.141. The van der Waals surface area contributed by atoms with Gasteiger partial charge in [0.25, 0.3) is 6.43 Å². The van der Waals surface area contributed by atoms with Crippen molar-refractivity contribution in [2.75, 3.05) is 0 Å². The predicted octanol–water partition coefficient (Wildman–Crippen LogP) is 1.95. The van der Waals surface area contributed by atoms with E-state index in [4.69, 9.17) is 0 Å². The van der Waals surface area contributed by atoms with Gasteiger partial charge in [-0.05, 0) is 11.6 Å². The highest BCUT2D eigenvalue weighted by Crippen LogP contribution is 2.21. The second-order valence-corrected chi connectivity index (χ2v) is 2.02. The number of alkyl halides is 2. The minimum atomic E-state index is -2.60. The third-order valence-corrected chi connectivity index (χ3v) is 1.34. The Balaban J connectivity index is 3.02. The molecule has 0 amide bonds.